The Morgan fingerprint density at radius 1 is 1.17 bits per heavy atom. The van der Waals surface area contributed by atoms with Crippen LogP contribution in [0, 0.1) is 5.92 Å². The van der Waals surface area contributed by atoms with Gasteiger partial charge in [-0.3, -0.25) is 0 Å². The highest BCUT2D eigenvalue weighted by atomic mass is 16.3. The van der Waals surface area contributed by atoms with Crippen molar-refractivity contribution in [3.63, 3.8) is 0 Å². The number of hydrogen-bond acceptors (Lipinski definition) is 7. The Labute approximate surface area is 138 Å². The van der Waals surface area contributed by atoms with Crippen LogP contribution in [0.25, 0.3) is 11.2 Å². The third-order valence-corrected chi connectivity index (χ3v) is 4.78. The van der Waals surface area contributed by atoms with Gasteiger partial charge in [0, 0.05) is 26.6 Å². The number of piperidine rings is 1. The summed E-state index contributed by atoms with van der Waals surface area (Å²) in [5.74, 6) is 3.05. The summed E-state index contributed by atoms with van der Waals surface area (Å²) < 4.78 is 1.89. The standard InChI is InChI=1S/C15H20N8O/c1-22-11(20-21-12(22)7-24)6-10-2-4-23(5-3-10)15-13-14(17-8-16-13)18-9-19-15/h8-10,24H,2-7H2,1H3,(H,16,17,18,19). The number of nitrogens with one attached hydrogen (secondary N) is 1. The second-order valence-corrected chi connectivity index (χ2v) is 6.18. The van der Waals surface area contributed by atoms with E-state index in [0.29, 0.717) is 17.4 Å². The molecule has 0 aliphatic carbocycles. The van der Waals surface area contributed by atoms with E-state index in [9.17, 15) is 5.11 Å². The molecule has 3 aromatic rings. The molecule has 0 amide bonds. The van der Waals surface area contributed by atoms with Crippen molar-refractivity contribution in [2.75, 3.05) is 18.0 Å². The summed E-state index contributed by atoms with van der Waals surface area (Å²) in [4.78, 5) is 18.2. The lowest BCUT2D eigenvalue weighted by Crippen LogP contribution is -2.35. The molecule has 9 heteroatoms. The molecular weight excluding hydrogens is 308 g/mol. The third kappa shape index (κ3) is 2.60. The van der Waals surface area contributed by atoms with Gasteiger partial charge in [-0.05, 0) is 18.8 Å². The van der Waals surface area contributed by atoms with Gasteiger partial charge in [0.05, 0.1) is 6.33 Å². The molecule has 0 bridgehead atoms. The van der Waals surface area contributed by atoms with Crippen LogP contribution in [0.5, 0.6) is 0 Å². The van der Waals surface area contributed by atoms with Crippen LogP contribution in [0.4, 0.5) is 5.82 Å². The van der Waals surface area contributed by atoms with Crippen LogP contribution in [0.1, 0.15) is 24.5 Å². The number of H-pyrrole nitrogens is 1. The van der Waals surface area contributed by atoms with E-state index < -0.39 is 0 Å². The minimum Gasteiger partial charge on any atom is -0.388 e. The van der Waals surface area contributed by atoms with Gasteiger partial charge in [0.25, 0.3) is 0 Å². The van der Waals surface area contributed by atoms with Crippen molar-refractivity contribution in [3.05, 3.63) is 24.3 Å². The van der Waals surface area contributed by atoms with Crippen molar-refractivity contribution in [2.24, 2.45) is 13.0 Å². The van der Waals surface area contributed by atoms with Crippen LogP contribution in [-0.2, 0) is 20.1 Å². The highest BCUT2D eigenvalue weighted by Crippen LogP contribution is 2.27. The van der Waals surface area contributed by atoms with Crippen molar-refractivity contribution in [3.8, 4) is 0 Å². The molecule has 0 atom stereocenters. The predicted octanol–water partition coefficient (Wildman–Crippen LogP) is 0.433. The number of aliphatic hydroxyl groups excluding tert-OH is 1. The predicted molar refractivity (Wildman–Crippen MR) is 87.3 cm³/mol. The normalized spacial score (nSPS) is 16.2. The molecule has 4 rings (SSSR count). The highest BCUT2D eigenvalue weighted by molar-refractivity contribution is 5.82. The number of nitrogens with zero attached hydrogens (tertiary/aromatic N) is 7. The maximum absolute atomic E-state index is 9.22. The summed E-state index contributed by atoms with van der Waals surface area (Å²) in [7, 11) is 1.91. The molecule has 126 valence electrons. The number of imidazole rings is 1. The smallest absolute Gasteiger partial charge is 0.182 e. The topological polar surface area (TPSA) is 109 Å². The van der Waals surface area contributed by atoms with Gasteiger partial charge >= 0.3 is 0 Å². The summed E-state index contributed by atoms with van der Waals surface area (Å²) in [6.45, 7) is 1.82. The monoisotopic (exact) mass is 328 g/mol. The molecule has 24 heavy (non-hydrogen) atoms. The fraction of sp³-hybridized carbons (Fsp3) is 0.533. The molecule has 1 fully saturated rings. The Kier molecular flexibility index (Phi) is 3.85. The van der Waals surface area contributed by atoms with Crippen molar-refractivity contribution >= 4 is 17.0 Å². The SMILES string of the molecule is Cn1c(CO)nnc1CC1CCN(c2ncnc3nc[nH]c23)CC1. The van der Waals surface area contributed by atoms with Gasteiger partial charge in [-0.25, -0.2) is 15.0 Å². The first kappa shape index (κ1) is 15.0. The first-order chi connectivity index (χ1) is 11.8. The largest absolute Gasteiger partial charge is 0.388 e. The minimum absolute atomic E-state index is 0.0736. The Hall–Kier alpha value is -2.55. The number of aromatic amines is 1. The lowest BCUT2D eigenvalue weighted by Gasteiger charge is -2.32. The van der Waals surface area contributed by atoms with Gasteiger partial charge in [0.2, 0.25) is 0 Å². The fourth-order valence-corrected chi connectivity index (χ4v) is 3.31. The molecule has 0 unspecified atom stereocenters. The molecule has 1 saturated heterocycles. The molecule has 1 aliphatic rings. The Bertz CT molecular complexity index is 833. The van der Waals surface area contributed by atoms with Crippen molar-refractivity contribution in [1.29, 1.82) is 0 Å². The van der Waals surface area contributed by atoms with Gasteiger partial charge < -0.3 is 19.6 Å². The zero-order valence-electron chi connectivity index (χ0n) is 13.6. The molecule has 0 saturated carbocycles. The number of aromatic nitrogens is 7. The van der Waals surface area contributed by atoms with Gasteiger partial charge in [0.15, 0.2) is 17.3 Å². The van der Waals surface area contributed by atoms with Crippen LogP contribution < -0.4 is 4.90 Å². The van der Waals surface area contributed by atoms with Gasteiger partial charge in [-0.15, -0.1) is 10.2 Å². The summed E-state index contributed by atoms with van der Waals surface area (Å²) >= 11 is 0. The molecule has 3 aromatic heterocycles. The Morgan fingerprint density at radius 2 is 1.96 bits per heavy atom. The average molecular weight is 328 g/mol. The van der Waals surface area contributed by atoms with E-state index in [4.69, 9.17) is 0 Å². The molecule has 2 N–H and O–H groups in total. The summed E-state index contributed by atoms with van der Waals surface area (Å²) in [5, 5.41) is 17.4. The second-order valence-electron chi connectivity index (χ2n) is 6.18. The van der Waals surface area contributed by atoms with Gasteiger partial charge in [0.1, 0.15) is 24.3 Å². The van der Waals surface area contributed by atoms with Crippen LogP contribution in [0.15, 0.2) is 12.7 Å². The lowest BCUT2D eigenvalue weighted by atomic mass is 9.93. The average Bonchev–Trinajstić information content (AvgIpc) is 3.22. The van der Waals surface area contributed by atoms with E-state index >= 15 is 0 Å². The van der Waals surface area contributed by atoms with Crippen LogP contribution in [0.3, 0.4) is 0 Å². The quantitative estimate of drug-likeness (QED) is 0.715. The van der Waals surface area contributed by atoms with Crippen LogP contribution >= 0.6 is 0 Å². The minimum atomic E-state index is -0.0736. The number of hydrogen-bond donors (Lipinski definition) is 2. The number of anilines is 1. The number of fused-ring (bicyclic) bond motifs is 1. The Balaban J connectivity index is 1.43. The van der Waals surface area contributed by atoms with Crippen molar-refractivity contribution in [1.82, 2.24) is 34.7 Å². The van der Waals surface area contributed by atoms with E-state index in [-0.39, 0.29) is 6.61 Å². The van der Waals surface area contributed by atoms with E-state index in [2.05, 4.69) is 35.0 Å². The van der Waals surface area contributed by atoms with Crippen LogP contribution in [0.2, 0.25) is 0 Å². The van der Waals surface area contributed by atoms with E-state index in [1.165, 1.54) is 0 Å². The van der Waals surface area contributed by atoms with Crippen LogP contribution in [-0.4, -0.2) is 52.9 Å². The first-order valence-electron chi connectivity index (χ1n) is 8.13. The zero-order chi connectivity index (χ0) is 16.5. The molecule has 0 spiro atoms. The molecule has 4 heterocycles. The molecule has 1 aliphatic heterocycles. The second kappa shape index (κ2) is 6.16. The molecule has 0 radical (unpaired) electrons. The maximum atomic E-state index is 9.22. The highest BCUT2D eigenvalue weighted by Gasteiger charge is 2.24. The number of aliphatic hydroxyl groups is 1. The lowest BCUT2D eigenvalue weighted by molar-refractivity contribution is 0.266. The summed E-state index contributed by atoms with van der Waals surface area (Å²) in [5.41, 5.74) is 1.61. The van der Waals surface area contributed by atoms with E-state index in [1.807, 2.05) is 11.6 Å². The zero-order valence-corrected chi connectivity index (χ0v) is 13.6. The van der Waals surface area contributed by atoms with Gasteiger partial charge in [-0.1, -0.05) is 0 Å². The maximum Gasteiger partial charge on any atom is 0.182 e. The first-order valence-corrected chi connectivity index (χ1v) is 8.13. The van der Waals surface area contributed by atoms with E-state index in [0.717, 1.165) is 49.5 Å². The molecule has 9 nitrogen and oxygen atoms in total. The van der Waals surface area contributed by atoms with Crippen molar-refractivity contribution in [2.45, 2.75) is 25.9 Å². The third-order valence-electron chi connectivity index (χ3n) is 4.78. The van der Waals surface area contributed by atoms with Crippen molar-refractivity contribution < 1.29 is 5.11 Å². The number of rotatable bonds is 4. The molecule has 0 aromatic carbocycles. The fourth-order valence-electron chi connectivity index (χ4n) is 3.31. The molecular formula is C15H20N8O. The summed E-state index contributed by atoms with van der Waals surface area (Å²) in [6, 6.07) is 0. The van der Waals surface area contributed by atoms with E-state index in [1.54, 1.807) is 12.7 Å². The Morgan fingerprint density at radius 3 is 2.71 bits per heavy atom. The summed E-state index contributed by atoms with van der Waals surface area (Å²) in [6.07, 6.45) is 6.26. The van der Waals surface area contributed by atoms with Gasteiger partial charge in [-0.2, -0.15) is 0 Å².